The van der Waals surface area contributed by atoms with Crippen LogP contribution in [0.1, 0.15) is 18.9 Å². The second-order valence-corrected chi connectivity index (χ2v) is 5.53. The van der Waals surface area contributed by atoms with Crippen LogP contribution < -0.4 is 16.0 Å². The van der Waals surface area contributed by atoms with Crippen LogP contribution in [0.25, 0.3) is 10.2 Å². The van der Waals surface area contributed by atoms with Crippen LogP contribution in [0.5, 0.6) is 11.6 Å². The van der Waals surface area contributed by atoms with Gasteiger partial charge >= 0.3 is 0 Å². The molecule has 0 radical (unpaired) electrons. The molecule has 0 fully saturated rings. The van der Waals surface area contributed by atoms with Gasteiger partial charge in [0, 0.05) is 0 Å². The summed E-state index contributed by atoms with van der Waals surface area (Å²) in [5, 5.41) is 2.84. The smallest absolute Gasteiger partial charge is 0.241 e. The molecule has 0 aliphatic carbocycles. The van der Waals surface area contributed by atoms with Gasteiger partial charge in [-0.2, -0.15) is 4.98 Å². The lowest BCUT2D eigenvalue weighted by Crippen LogP contribution is -2.10. The van der Waals surface area contributed by atoms with E-state index >= 15 is 0 Å². The number of anilines is 1. The highest BCUT2D eigenvalue weighted by Crippen LogP contribution is 2.31. The molecule has 0 unspecified atom stereocenters. The van der Waals surface area contributed by atoms with E-state index in [1.54, 1.807) is 0 Å². The Hall–Kier alpha value is -2.18. The topological polar surface area (TPSA) is 73.1 Å². The molecule has 6 heteroatoms. The molecule has 3 rings (SSSR count). The van der Waals surface area contributed by atoms with Crippen molar-refractivity contribution < 1.29 is 4.74 Å². The van der Waals surface area contributed by atoms with Gasteiger partial charge in [0.15, 0.2) is 0 Å². The minimum absolute atomic E-state index is 0.350. The second-order valence-electron chi connectivity index (χ2n) is 4.63. The standard InChI is InChI=1S/C15H16N4OS/c1-2-3-10-4-6-11(7-5-10)20-13-12-8-9-21-14(12)18-15(17-13)19-16/h4-9H,2-3,16H2,1H3,(H,17,18,19). The molecule has 21 heavy (non-hydrogen) atoms. The molecule has 0 aliphatic rings. The van der Waals surface area contributed by atoms with Gasteiger partial charge in [-0.15, -0.1) is 11.3 Å². The first kappa shape index (κ1) is 13.8. The molecule has 108 valence electrons. The molecule has 5 nitrogen and oxygen atoms in total. The molecule has 2 heterocycles. The average molecular weight is 300 g/mol. The Labute approximate surface area is 126 Å². The summed E-state index contributed by atoms with van der Waals surface area (Å²) in [6, 6.07) is 10.0. The minimum atomic E-state index is 0.350. The van der Waals surface area contributed by atoms with Crippen molar-refractivity contribution in [2.75, 3.05) is 5.43 Å². The summed E-state index contributed by atoms with van der Waals surface area (Å²) in [6.07, 6.45) is 2.21. The zero-order valence-corrected chi connectivity index (χ0v) is 12.5. The van der Waals surface area contributed by atoms with Crippen LogP contribution in [0.2, 0.25) is 0 Å². The number of aryl methyl sites for hydroxylation is 1. The number of nitrogens with one attached hydrogen (secondary N) is 1. The molecule has 3 aromatic rings. The highest BCUT2D eigenvalue weighted by molar-refractivity contribution is 7.16. The van der Waals surface area contributed by atoms with Crippen molar-refractivity contribution in [1.82, 2.24) is 9.97 Å². The van der Waals surface area contributed by atoms with E-state index in [0.717, 1.165) is 28.8 Å². The van der Waals surface area contributed by atoms with Crippen molar-refractivity contribution in [2.45, 2.75) is 19.8 Å². The third-order valence-electron chi connectivity index (χ3n) is 3.10. The summed E-state index contributed by atoms with van der Waals surface area (Å²) >= 11 is 1.52. The fourth-order valence-corrected chi connectivity index (χ4v) is 2.85. The van der Waals surface area contributed by atoms with Gasteiger partial charge < -0.3 is 4.74 Å². The largest absolute Gasteiger partial charge is 0.438 e. The number of thiophene rings is 1. The lowest BCUT2D eigenvalue weighted by atomic mass is 10.1. The van der Waals surface area contributed by atoms with E-state index in [-0.39, 0.29) is 0 Å². The maximum absolute atomic E-state index is 5.89. The first-order valence-electron chi connectivity index (χ1n) is 6.79. The van der Waals surface area contributed by atoms with Gasteiger partial charge in [0.2, 0.25) is 11.8 Å². The van der Waals surface area contributed by atoms with Crippen molar-refractivity contribution in [3.8, 4) is 11.6 Å². The van der Waals surface area contributed by atoms with Crippen molar-refractivity contribution in [3.05, 3.63) is 41.3 Å². The van der Waals surface area contributed by atoms with Crippen LogP contribution >= 0.6 is 11.3 Å². The van der Waals surface area contributed by atoms with Gasteiger partial charge in [0.25, 0.3) is 0 Å². The predicted octanol–water partition coefficient (Wildman–Crippen LogP) is 3.72. The van der Waals surface area contributed by atoms with Crippen LogP contribution in [0.4, 0.5) is 5.95 Å². The Kier molecular flexibility index (Phi) is 3.98. The van der Waals surface area contributed by atoms with Crippen LogP contribution in [-0.2, 0) is 6.42 Å². The van der Waals surface area contributed by atoms with Crippen molar-refractivity contribution in [2.24, 2.45) is 5.84 Å². The molecule has 0 spiro atoms. The van der Waals surface area contributed by atoms with E-state index in [9.17, 15) is 0 Å². The maximum Gasteiger partial charge on any atom is 0.241 e. The number of hydrazine groups is 1. The Balaban J connectivity index is 1.91. The molecule has 3 N–H and O–H groups in total. The fourth-order valence-electron chi connectivity index (χ4n) is 2.10. The molecule has 2 aromatic heterocycles. The van der Waals surface area contributed by atoms with Gasteiger partial charge in [0.1, 0.15) is 10.6 Å². The molecular weight excluding hydrogens is 284 g/mol. The first-order chi connectivity index (χ1) is 10.3. The number of nitrogen functional groups attached to an aromatic ring is 1. The Morgan fingerprint density at radius 3 is 2.71 bits per heavy atom. The van der Waals surface area contributed by atoms with Crippen molar-refractivity contribution in [3.63, 3.8) is 0 Å². The van der Waals surface area contributed by atoms with Gasteiger partial charge in [0.05, 0.1) is 5.39 Å². The van der Waals surface area contributed by atoms with E-state index in [1.165, 1.54) is 16.9 Å². The highest BCUT2D eigenvalue weighted by atomic mass is 32.1. The zero-order valence-electron chi connectivity index (χ0n) is 11.7. The lowest BCUT2D eigenvalue weighted by molar-refractivity contribution is 0.469. The molecule has 0 saturated carbocycles. The van der Waals surface area contributed by atoms with E-state index in [2.05, 4.69) is 34.5 Å². The van der Waals surface area contributed by atoms with Crippen molar-refractivity contribution >= 4 is 27.5 Å². The van der Waals surface area contributed by atoms with Gasteiger partial charge in [-0.1, -0.05) is 25.5 Å². The number of benzene rings is 1. The summed E-state index contributed by atoms with van der Waals surface area (Å²) in [6.45, 7) is 2.17. The number of ether oxygens (including phenoxy) is 1. The minimum Gasteiger partial charge on any atom is -0.438 e. The van der Waals surface area contributed by atoms with Crippen molar-refractivity contribution in [1.29, 1.82) is 0 Å². The summed E-state index contributed by atoms with van der Waals surface area (Å²) in [7, 11) is 0. The van der Waals surface area contributed by atoms with Gasteiger partial charge in [-0.25, -0.2) is 10.8 Å². The van der Waals surface area contributed by atoms with E-state index in [0.29, 0.717) is 11.8 Å². The summed E-state index contributed by atoms with van der Waals surface area (Å²) in [5.74, 6) is 7.01. The first-order valence-corrected chi connectivity index (χ1v) is 7.66. The molecule has 0 aliphatic heterocycles. The normalized spacial score (nSPS) is 10.8. The van der Waals surface area contributed by atoms with Gasteiger partial charge in [-0.05, 0) is 35.6 Å². The van der Waals surface area contributed by atoms with Gasteiger partial charge in [-0.3, -0.25) is 5.43 Å². The number of hydrogen-bond donors (Lipinski definition) is 2. The SMILES string of the molecule is CCCc1ccc(Oc2nc(NN)nc3sccc23)cc1. The van der Waals surface area contributed by atoms with Crippen LogP contribution in [0, 0.1) is 0 Å². The second kappa shape index (κ2) is 6.07. The molecule has 0 bridgehead atoms. The maximum atomic E-state index is 5.89. The Bertz CT molecular complexity index is 739. The summed E-state index contributed by atoms with van der Waals surface area (Å²) < 4.78 is 5.89. The molecule has 0 atom stereocenters. The third-order valence-corrected chi connectivity index (χ3v) is 3.90. The molecule has 0 saturated heterocycles. The molecule has 1 aromatic carbocycles. The number of hydrogen-bond acceptors (Lipinski definition) is 6. The average Bonchev–Trinajstić information content (AvgIpc) is 2.98. The quantitative estimate of drug-likeness (QED) is 0.555. The van der Waals surface area contributed by atoms with E-state index < -0.39 is 0 Å². The Morgan fingerprint density at radius 2 is 2.00 bits per heavy atom. The van der Waals surface area contributed by atoms with E-state index in [1.807, 2.05) is 23.6 Å². The van der Waals surface area contributed by atoms with Crippen LogP contribution in [0.3, 0.4) is 0 Å². The third kappa shape index (κ3) is 2.96. The fraction of sp³-hybridized carbons (Fsp3) is 0.200. The van der Waals surface area contributed by atoms with Crippen LogP contribution in [-0.4, -0.2) is 9.97 Å². The number of rotatable bonds is 5. The molecule has 0 amide bonds. The molecular formula is C15H16N4OS. The number of aromatic nitrogens is 2. The number of fused-ring (bicyclic) bond motifs is 1. The number of nitrogens with zero attached hydrogens (tertiary/aromatic N) is 2. The monoisotopic (exact) mass is 300 g/mol. The predicted molar refractivity (Wildman–Crippen MR) is 85.7 cm³/mol. The summed E-state index contributed by atoms with van der Waals surface area (Å²) in [5.41, 5.74) is 3.77. The van der Waals surface area contributed by atoms with Crippen LogP contribution in [0.15, 0.2) is 35.7 Å². The number of nitrogens with two attached hydrogens (primary N) is 1. The lowest BCUT2D eigenvalue weighted by Gasteiger charge is -2.08. The van der Waals surface area contributed by atoms with E-state index in [4.69, 9.17) is 10.6 Å². The zero-order chi connectivity index (χ0) is 14.7. The summed E-state index contributed by atoms with van der Waals surface area (Å²) in [4.78, 5) is 9.41. The highest BCUT2D eigenvalue weighted by Gasteiger charge is 2.10. The Morgan fingerprint density at radius 1 is 1.19 bits per heavy atom.